The topological polar surface area (TPSA) is 0 Å². The zero-order valence-electron chi connectivity index (χ0n) is 34.9. The third kappa shape index (κ3) is 5.24. The van der Waals surface area contributed by atoms with Crippen molar-refractivity contribution in [2.45, 2.75) is 0 Å². The van der Waals surface area contributed by atoms with Crippen LogP contribution < -0.4 is 0 Å². The van der Waals surface area contributed by atoms with E-state index in [0.29, 0.717) is 0 Å². The first kappa shape index (κ1) is 35.3. The lowest BCUT2D eigenvalue weighted by Gasteiger charge is -2.18. The van der Waals surface area contributed by atoms with Gasteiger partial charge in [-0.2, -0.15) is 0 Å². The molecule has 2 aliphatic carbocycles. The van der Waals surface area contributed by atoms with E-state index in [1.54, 1.807) is 0 Å². The van der Waals surface area contributed by atoms with Gasteiger partial charge in [0.25, 0.3) is 0 Å². The van der Waals surface area contributed by atoms with Crippen LogP contribution in [0.25, 0.3) is 143 Å². The molecule has 12 aromatic rings. The normalized spacial score (nSPS) is 12.1. The van der Waals surface area contributed by atoms with E-state index < -0.39 is 0 Å². The summed E-state index contributed by atoms with van der Waals surface area (Å²) in [6.07, 6.45) is 0. The Morgan fingerprint density at radius 3 is 1.30 bits per heavy atom. The van der Waals surface area contributed by atoms with Gasteiger partial charge in [-0.25, -0.2) is 0 Å². The Balaban J connectivity index is 0.951. The van der Waals surface area contributed by atoms with E-state index in [0.717, 1.165) is 0 Å². The molecule has 64 heavy (non-hydrogen) atoms. The van der Waals surface area contributed by atoms with Crippen molar-refractivity contribution in [3.05, 3.63) is 231 Å². The highest BCUT2D eigenvalue weighted by molar-refractivity contribution is 6.30. The first-order valence-electron chi connectivity index (χ1n) is 22.3. The maximum Gasteiger partial charge on any atom is -0.00136 e. The molecule has 0 atom stereocenters. The predicted molar refractivity (Wildman–Crippen MR) is 273 cm³/mol. The van der Waals surface area contributed by atoms with Gasteiger partial charge in [0.15, 0.2) is 0 Å². The van der Waals surface area contributed by atoms with Crippen molar-refractivity contribution in [2.75, 3.05) is 0 Å². The minimum Gasteiger partial charge on any atom is -0.0622 e. The van der Waals surface area contributed by atoms with Crippen LogP contribution in [0.2, 0.25) is 0 Å². The van der Waals surface area contributed by atoms with Crippen LogP contribution in [0.3, 0.4) is 0 Å². The summed E-state index contributed by atoms with van der Waals surface area (Å²) in [6.45, 7) is 0. The summed E-state index contributed by atoms with van der Waals surface area (Å²) in [5.41, 5.74) is 23.0. The molecule has 0 aliphatic heterocycles. The second-order valence-electron chi connectivity index (χ2n) is 17.6. The molecule has 12 aromatic carbocycles. The Morgan fingerprint density at radius 1 is 0.172 bits per heavy atom. The highest BCUT2D eigenvalue weighted by atomic mass is 14.3. The molecule has 0 radical (unpaired) electrons. The average molecular weight is 807 g/mol. The molecule has 0 unspecified atom stereocenters. The maximum absolute atomic E-state index is 2.45. The third-order valence-electron chi connectivity index (χ3n) is 14.0. The second-order valence-corrected chi connectivity index (χ2v) is 17.6. The Morgan fingerprint density at radius 2 is 0.641 bits per heavy atom. The van der Waals surface area contributed by atoms with Gasteiger partial charge in [-0.05, 0) is 198 Å². The van der Waals surface area contributed by atoms with E-state index in [-0.39, 0.29) is 0 Å². The molecule has 0 saturated carbocycles. The van der Waals surface area contributed by atoms with Gasteiger partial charge in [-0.15, -0.1) is 0 Å². The minimum absolute atomic E-state index is 1.22. The number of hydrogen-bond donors (Lipinski definition) is 0. The maximum atomic E-state index is 2.45. The number of rotatable bonds is 5. The molecule has 0 bridgehead atoms. The number of fused-ring (bicyclic) bond motifs is 9. The third-order valence-corrected chi connectivity index (χ3v) is 14.0. The molecule has 294 valence electrons. The molecule has 0 aromatic heterocycles. The zero-order valence-corrected chi connectivity index (χ0v) is 34.9. The standard InChI is InChI=1S/C64H38/c1-4-14-39(15-5-1)45-32-46(40-16-6-2-7-17-40)35-50(34-45)61-53-23-11-10-20-43(53)36-60-56-27-26-54-59-38-49-33-47-31-44(52-22-13-12-21-51(52)41-18-8-3-9-19-41)25-24-42(47)30-48(49)37-58(59)55-28-29-57(64(60)61)63(56)62(54)55/h1-38H. The zero-order chi connectivity index (χ0) is 41.9. The van der Waals surface area contributed by atoms with E-state index in [2.05, 4.69) is 231 Å². The fourth-order valence-electron chi connectivity index (χ4n) is 11.2. The molecule has 0 nitrogen and oxygen atoms in total. The van der Waals surface area contributed by atoms with Gasteiger partial charge >= 0.3 is 0 Å². The SMILES string of the molecule is c1ccc(-c2cc(-c3ccccc3)cc(-c3c4c(cc5ccccc35)-c3ccc5c6c(ccc-4c36)-c3cc4cc6ccc(-c7ccccc7-c7ccccc7)cc6cc4cc3-5)c2)cc1. The van der Waals surface area contributed by atoms with Crippen LogP contribution in [0.5, 0.6) is 0 Å². The summed E-state index contributed by atoms with van der Waals surface area (Å²) < 4.78 is 0. The average Bonchev–Trinajstić information content (AvgIpc) is 3.85. The van der Waals surface area contributed by atoms with E-state index >= 15 is 0 Å². The molecule has 0 amide bonds. The van der Waals surface area contributed by atoms with Crippen LogP contribution in [-0.2, 0) is 0 Å². The van der Waals surface area contributed by atoms with E-state index in [1.807, 2.05) is 0 Å². The highest BCUT2D eigenvalue weighted by Crippen LogP contribution is 2.59. The first-order valence-corrected chi connectivity index (χ1v) is 22.3. The summed E-state index contributed by atoms with van der Waals surface area (Å²) >= 11 is 0. The molecule has 0 heterocycles. The Bertz CT molecular complexity index is 3860. The van der Waals surface area contributed by atoms with Crippen LogP contribution in [0.4, 0.5) is 0 Å². The molecule has 14 rings (SSSR count). The fraction of sp³-hybridized carbons (Fsp3) is 0. The highest BCUT2D eigenvalue weighted by Gasteiger charge is 2.32. The monoisotopic (exact) mass is 806 g/mol. The summed E-state index contributed by atoms with van der Waals surface area (Å²) in [6, 6.07) is 86.0. The lowest BCUT2D eigenvalue weighted by molar-refractivity contribution is 1.57. The molecular weight excluding hydrogens is 769 g/mol. The van der Waals surface area contributed by atoms with Gasteiger partial charge in [0, 0.05) is 0 Å². The molecule has 0 saturated heterocycles. The molecule has 0 N–H and O–H groups in total. The Hall–Kier alpha value is -8.32. The minimum atomic E-state index is 1.22. The quantitative estimate of drug-likeness (QED) is 0.152. The largest absolute Gasteiger partial charge is 0.0622 e. The van der Waals surface area contributed by atoms with Gasteiger partial charge in [-0.3, -0.25) is 0 Å². The molecular formula is C64H38. The predicted octanol–water partition coefficient (Wildman–Crippen LogP) is 17.9. The van der Waals surface area contributed by atoms with Gasteiger partial charge in [-0.1, -0.05) is 176 Å². The number of benzene rings is 12. The molecule has 0 fully saturated rings. The summed E-state index contributed by atoms with van der Waals surface area (Å²) in [7, 11) is 0. The van der Waals surface area contributed by atoms with Crippen molar-refractivity contribution in [3.8, 4) is 100 Å². The van der Waals surface area contributed by atoms with Crippen molar-refractivity contribution in [2.24, 2.45) is 0 Å². The van der Waals surface area contributed by atoms with Crippen LogP contribution in [0.1, 0.15) is 0 Å². The van der Waals surface area contributed by atoms with Gasteiger partial charge in [0.05, 0.1) is 0 Å². The van der Waals surface area contributed by atoms with Crippen LogP contribution in [-0.4, -0.2) is 0 Å². The van der Waals surface area contributed by atoms with Crippen molar-refractivity contribution >= 4 is 43.1 Å². The van der Waals surface area contributed by atoms with Crippen molar-refractivity contribution < 1.29 is 0 Å². The lowest BCUT2D eigenvalue weighted by atomic mass is 9.85. The van der Waals surface area contributed by atoms with Gasteiger partial charge < -0.3 is 0 Å². The van der Waals surface area contributed by atoms with Crippen molar-refractivity contribution in [3.63, 3.8) is 0 Å². The van der Waals surface area contributed by atoms with E-state index in [1.165, 1.54) is 143 Å². The Labute approximate surface area is 372 Å². The molecule has 0 heteroatoms. The van der Waals surface area contributed by atoms with Crippen LogP contribution in [0, 0.1) is 0 Å². The van der Waals surface area contributed by atoms with Crippen molar-refractivity contribution in [1.29, 1.82) is 0 Å². The molecule has 2 aliphatic rings. The molecule has 0 spiro atoms. The summed E-state index contributed by atoms with van der Waals surface area (Å²) in [5.74, 6) is 0. The number of hydrogen-bond acceptors (Lipinski definition) is 0. The summed E-state index contributed by atoms with van der Waals surface area (Å²) in [5, 5.41) is 10.3. The first-order chi connectivity index (χ1) is 31.7. The van der Waals surface area contributed by atoms with E-state index in [9.17, 15) is 0 Å². The second kappa shape index (κ2) is 13.6. The van der Waals surface area contributed by atoms with Gasteiger partial charge in [0.1, 0.15) is 0 Å². The summed E-state index contributed by atoms with van der Waals surface area (Å²) in [4.78, 5) is 0. The van der Waals surface area contributed by atoms with Crippen LogP contribution >= 0.6 is 0 Å². The lowest BCUT2D eigenvalue weighted by Crippen LogP contribution is -1.91. The van der Waals surface area contributed by atoms with E-state index in [4.69, 9.17) is 0 Å². The Kier molecular flexibility index (Phi) is 7.49. The fourth-order valence-corrected chi connectivity index (χ4v) is 11.2. The van der Waals surface area contributed by atoms with Crippen molar-refractivity contribution in [1.82, 2.24) is 0 Å². The van der Waals surface area contributed by atoms with Crippen LogP contribution in [0.15, 0.2) is 231 Å². The smallest absolute Gasteiger partial charge is 0.00136 e. The van der Waals surface area contributed by atoms with Gasteiger partial charge in [0.2, 0.25) is 0 Å².